The van der Waals surface area contributed by atoms with Gasteiger partial charge < -0.3 is 19.5 Å². The summed E-state index contributed by atoms with van der Waals surface area (Å²) in [5.74, 6) is 0.548. The van der Waals surface area contributed by atoms with Gasteiger partial charge in [0, 0.05) is 6.42 Å². The molecule has 0 radical (unpaired) electrons. The molecule has 1 saturated heterocycles. The van der Waals surface area contributed by atoms with Crippen LogP contribution in [0.25, 0.3) is 0 Å². The number of aliphatic hydroxyl groups excluding tert-OH is 1. The van der Waals surface area contributed by atoms with E-state index in [1.165, 1.54) is 12.1 Å². The molecule has 1 amide bonds. The van der Waals surface area contributed by atoms with Crippen molar-refractivity contribution in [3.8, 4) is 6.07 Å². The number of hydrogen-bond acceptors (Lipinski definition) is 6. The minimum atomic E-state index is -4.77. The lowest BCUT2D eigenvalue weighted by Gasteiger charge is -2.39. The number of nitriles is 1. The Kier molecular flexibility index (Phi) is 5.86. The molecule has 4 rings (SSSR count). The van der Waals surface area contributed by atoms with E-state index in [9.17, 15) is 23.1 Å². The first-order valence-corrected chi connectivity index (χ1v) is 10.9. The number of hydrogen-bond donors (Lipinski definition) is 1. The average Bonchev–Trinajstić information content (AvgIpc) is 2.95. The van der Waals surface area contributed by atoms with Crippen LogP contribution in [0.2, 0.25) is 0 Å². The summed E-state index contributed by atoms with van der Waals surface area (Å²) < 4.78 is 52.1. The maximum Gasteiger partial charge on any atom is 0.417 e. The van der Waals surface area contributed by atoms with Gasteiger partial charge in [-0.1, -0.05) is 6.08 Å². The monoisotopic (exact) mass is 493 g/mol. The summed E-state index contributed by atoms with van der Waals surface area (Å²) in [5.41, 5.74) is -2.89. The van der Waals surface area contributed by atoms with Crippen LogP contribution in [-0.4, -0.2) is 51.4 Å². The number of thiocarbonyl (C=S) groups is 1. The number of carbonyl (C=O) groups excluding carboxylic acids is 1. The van der Waals surface area contributed by atoms with E-state index < -0.39 is 47.0 Å². The SMILES string of the molecule is C[C@@H](O)C1COC2=C(C=CC(N3C(=S)N(c4ccc(C#N)c(C(F)(F)F)c4)C(=O)C3(C)C)C2)O1. The maximum atomic E-state index is 13.5. The summed E-state index contributed by atoms with van der Waals surface area (Å²) in [6, 6.07) is 4.21. The van der Waals surface area contributed by atoms with Gasteiger partial charge in [-0.25, -0.2) is 0 Å². The zero-order valence-corrected chi connectivity index (χ0v) is 19.4. The van der Waals surface area contributed by atoms with Gasteiger partial charge in [-0.15, -0.1) is 0 Å². The van der Waals surface area contributed by atoms with Gasteiger partial charge in [0.05, 0.1) is 35.0 Å². The molecule has 1 aliphatic carbocycles. The van der Waals surface area contributed by atoms with Crippen molar-refractivity contribution in [3.05, 3.63) is 53.0 Å². The second-order valence-corrected chi connectivity index (χ2v) is 9.18. The van der Waals surface area contributed by atoms with E-state index in [0.717, 1.165) is 17.0 Å². The molecular weight excluding hydrogens is 471 g/mol. The smallest absolute Gasteiger partial charge is 0.417 e. The Balaban J connectivity index is 1.65. The van der Waals surface area contributed by atoms with Crippen LogP contribution in [0, 0.1) is 11.3 Å². The van der Waals surface area contributed by atoms with E-state index in [1.807, 2.05) is 0 Å². The summed E-state index contributed by atoms with van der Waals surface area (Å²) >= 11 is 5.58. The van der Waals surface area contributed by atoms with Crippen molar-refractivity contribution >= 4 is 28.9 Å². The van der Waals surface area contributed by atoms with Crippen molar-refractivity contribution in [2.75, 3.05) is 11.5 Å². The summed E-state index contributed by atoms with van der Waals surface area (Å²) in [6.45, 7) is 5.07. The number of allylic oxidation sites excluding steroid dienone is 1. The lowest BCUT2D eigenvalue weighted by molar-refractivity contribution is -0.137. The van der Waals surface area contributed by atoms with Crippen LogP contribution in [0.4, 0.5) is 18.9 Å². The van der Waals surface area contributed by atoms with Gasteiger partial charge in [0.2, 0.25) is 0 Å². The van der Waals surface area contributed by atoms with Gasteiger partial charge in [0.1, 0.15) is 17.9 Å². The van der Waals surface area contributed by atoms with Crippen LogP contribution >= 0.6 is 12.2 Å². The minimum absolute atomic E-state index is 0.0464. The highest BCUT2D eigenvalue weighted by Crippen LogP contribution is 2.40. The number of carbonyl (C=O) groups is 1. The van der Waals surface area contributed by atoms with Gasteiger partial charge in [-0.05, 0) is 57.3 Å². The summed E-state index contributed by atoms with van der Waals surface area (Å²) in [5, 5.41) is 18.9. The second kappa shape index (κ2) is 8.29. The third-order valence-electron chi connectivity index (χ3n) is 6.12. The van der Waals surface area contributed by atoms with Gasteiger partial charge >= 0.3 is 6.18 Å². The molecule has 11 heteroatoms. The van der Waals surface area contributed by atoms with Crippen LogP contribution in [0.1, 0.15) is 38.3 Å². The predicted octanol–water partition coefficient (Wildman–Crippen LogP) is 3.63. The molecular formula is C23H22F3N3O4S. The van der Waals surface area contributed by atoms with Crippen LogP contribution in [0.3, 0.4) is 0 Å². The van der Waals surface area contributed by atoms with E-state index in [-0.39, 0.29) is 17.4 Å². The molecule has 0 saturated carbocycles. The van der Waals surface area contributed by atoms with Crippen molar-refractivity contribution < 1.29 is 32.5 Å². The second-order valence-electron chi connectivity index (χ2n) is 8.82. The van der Waals surface area contributed by atoms with E-state index in [2.05, 4.69) is 0 Å². The molecule has 7 nitrogen and oxygen atoms in total. The molecule has 180 valence electrons. The van der Waals surface area contributed by atoms with Gasteiger partial charge in [-0.3, -0.25) is 9.69 Å². The molecule has 1 N–H and O–H groups in total. The predicted molar refractivity (Wildman–Crippen MR) is 119 cm³/mol. The van der Waals surface area contributed by atoms with Crippen molar-refractivity contribution in [2.45, 2.75) is 57.2 Å². The van der Waals surface area contributed by atoms with E-state index in [1.54, 1.807) is 37.8 Å². The Bertz CT molecular complexity index is 1150. The summed E-state index contributed by atoms with van der Waals surface area (Å²) in [4.78, 5) is 16.1. The molecule has 3 atom stereocenters. The molecule has 2 aliphatic heterocycles. The topological polar surface area (TPSA) is 86.0 Å². The molecule has 34 heavy (non-hydrogen) atoms. The van der Waals surface area contributed by atoms with E-state index >= 15 is 0 Å². The van der Waals surface area contributed by atoms with Crippen molar-refractivity contribution in [3.63, 3.8) is 0 Å². The lowest BCUT2D eigenvalue weighted by Crippen LogP contribution is -2.50. The number of rotatable bonds is 3. The number of aliphatic hydroxyl groups is 1. The van der Waals surface area contributed by atoms with Crippen LogP contribution < -0.4 is 4.90 Å². The molecule has 3 aliphatic rings. The highest BCUT2D eigenvalue weighted by atomic mass is 32.1. The number of amides is 1. The Morgan fingerprint density at radius 1 is 1.35 bits per heavy atom. The van der Waals surface area contributed by atoms with Crippen LogP contribution in [-0.2, 0) is 20.4 Å². The highest BCUT2D eigenvalue weighted by molar-refractivity contribution is 7.80. The Morgan fingerprint density at radius 2 is 2.06 bits per heavy atom. The fourth-order valence-electron chi connectivity index (χ4n) is 4.28. The fraction of sp³-hybridized carbons (Fsp3) is 0.435. The molecule has 1 aromatic carbocycles. The van der Waals surface area contributed by atoms with Gasteiger partial charge in [0.25, 0.3) is 5.91 Å². The fourth-order valence-corrected chi connectivity index (χ4v) is 4.83. The third kappa shape index (κ3) is 3.91. The first-order valence-electron chi connectivity index (χ1n) is 10.5. The van der Waals surface area contributed by atoms with Gasteiger partial charge in [-0.2, -0.15) is 18.4 Å². The molecule has 0 bridgehead atoms. The Hall–Kier alpha value is -3.10. The number of ether oxygens (including phenoxy) is 2. The quantitative estimate of drug-likeness (QED) is 0.644. The molecule has 0 aromatic heterocycles. The Labute approximate surface area is 199 Å². The molecule has 0 spiro atoms. The molecule has 1 fully saturated rings. The molecule has 2 unspecified atom stereocenters. The molecule has 1 aromatic rings. The largest absolute Gasteiger partial charge is 0.490 e. The minimum Gasteiger partial charge on any atom is -0.490 e. The number of nitrogens with zero attached hydrogens (tertiary/aromatic N) is 3. The standard InChI is InChI=1S/C23H22F3N3O4S/c1-12(30)19-11-32-18-9-15(6-7-17(18)33-19)29-21(34)28(20(31)22(29,2)3)14-5-4-13(10-27)16(8-14)23(24,25)26/h4-8,12,15,19,30H,9,11H2,1-3H3/t12-,15?,19?/m1/s1. The Morgan fingerprint density at radius 3 is 2.68 bits per heavy atom. The van der Waals surface area contributed by atoms with E-state index in [4.69, 9.17) is 27.0 Å². The number of halogens is 3. The first-order chi connectivity index (χ1) is 15.9. The maximum absolute atomic E-state index is 13.5. The molecule has 2 heterocycles. The number of benzene rings is 1. The number of alkyl halides is 3. The zero-order chi connectivity index (χ0) is 25.0. The summed E-state index contributed by atoms with van der Waals surface area (Å²) in [7, 11) is 0. The zero-order valence-electron chi connectivity index (χ0n) is 18.6. The van der Waals surface area contributed by atoms with Crippen molar-refractivity contribution in [2.24, 2.45) is 0 Å². The average molecular weight is 494 g/mol. The highest BCUT2D eigenvalue weighted by Gasteiger charge is 2.52. The van der Waals surface area contributed by atoms with Crippen LogP contribution in [0.5, 0.6) is 0 Å². The van der Waals surface area contributed by atoms with Crippen LogP contribution in [0.15, 0.2) is 41.9 Å². The van der Waals surface area contributed by atoms with Crippen molar-refractivity contribution in [1.82, 2.24) is 4.90 Å². The van der Waals surface area contributed by atoms with Crippen molar-refractivity contribution in [1.29, 1.82) is 5.26 Å². The number of anilines is 1. The summed E-state index contributed by atoms with van der Waals surface area (Å²) in [6.07, 6.45) is -2.18. The van der Waals surface area contributed by atoms with E-state index in [0.29, 0.717) is 17.9 Å². The lowest BCUT2D eigenvalue weighted by atomic mass is 9.96. The third-order valence-corrected chi connectivity index (χ3v) is 6.50. The first kappa shape index (κ1) is 24.0. The normalized spacial score (nSPS) is 25.0. The van der Waals surface area contributed by atoms with Gasteiger partial charge in [0.15, 0.2) is 17.0 Å².